The average molecular weight is 507 g/mol. The van der Waals surface area contributed by atoms with Gasteiger partial charge < -0.3 is 24.8 Å². The molecule has 37 heavy (non-hydrogen) atoms. The molecule has 1 N–H and O–H groups in total. The van der Waals surface area contributed by atoms with Gasteiger partial charge in [0.25, 0.3) is 5.91 Å². The van der Waals surface area contributed by atoms with Crippen molar-refractivity contribution in [2.75, 3.05) is 46.4 Å². The summed E-state index contributed by atoms with van der Waals surface area (Å²) in [6.45, 7) is 7.37. The number of rotatable bonds is 8. The quantitative estimate of drug-likeness (QED) is 0.595. The van der Waals surface area contributed by atoms with Crippen LogP contribution in [0.2, 0.25) is 0 Å². The summed E-state index contributed by atoms with van der Waals surface area (Å²) in [4.78, 5) is 46.2. The molecule has 8 nitrogen and oxygen atoms in total. The molecular weight excluding hydrogens is 468 g/mol. The fourth-order valence-corrected chi connectivity index (χ4v) is 5.21. The van der Waals surface area contributed by atoms with Crippen molar-refractivity contribution in [1.29, 1.82) is 0 Å². The first-order chi connectivity index (χ1) is 17.9. The third-order valence-corrected chi connectivity index (χ3v) is 7.27. The van der Waals surface area contributed by atoms with Gasteiger partial charge in [0.2, 0.25) is 11.8 Å². The van der Waals surface area contributed by atoms with Crippen LogP contribution in [-0.4, -0.2) is 90.9 Å². The van der Waals surface area contributed by atoms with E-state index in [1.54, 1.807) is 36.3 Å². The fourth-order valence-electron chi connectivity index (χ4n) is 5.21. The second kappa shape index (κ2) is 12.2. The zero-order valence-corrected chi connectivity index (χ0v) is 22.1. The number of nitrogens with one attached hydrogen (secondary N) is 1. The molecular formula is C29H38N4O4. The Hall–Kier alpha value is -3.39. The second-order valence-electron chi connectivity index (χ2n) is 10.1. The molecule has 2 aliphatic rings. The Bertz CT molecular complexity index is 1080. The zero-order chi connectivity index (χ0) is 26.4. The molecule has 2 fully saturated rings. The van der Waals surface area contributed by atoms with Crippen LogP contribution in [0, 0.1) is 5.92 Å². The maximum absolute atomic E-state index is 13.7. The Morgan fingerprint density at radius 3 is 2.46 bits per heavy atom. The molecule has 4 rings (SSSR count). The standard InChI is InChI=1S/C29H38N4O4/c1-21(2)27(34)32(15-12-22-8-5-4-6-9-22)24-19-26(29(36)31-16-13-30-14-17-31)33(20-24)28(35)23-10-7-11-25(18-23)37-3/h4-11,18,21,24,26,30H,12-17,19-20H2,1-3H3. The number of methoxy groups -OCH3 is 1. The Balaban J connectivity index is 1.61. The summed E-state index contributed by atoms with van der Waals surface area (Å²) in [5, 5.41) is 3.28. The Morgan fingerprint density at radius 2 is 1.78 bits per heavy atom. The minimum atomic E-state index is -0.610. The van der Waals surface area contributed by atoms with Crippen LogP contribution < -0.4 is 10.1 Å². The highest BCUT2D eigenvalue weighted by molar-refractivity contribution is 5.98. The highest BCUT2D eigenvalue weighted by atomic mass is 16.5. The highest BCUT2D eigenvalue weighted by Gasteiger charge is 2.44. The maximum atomic E-state index is 13.7. The number of likely N-dealkylation sites (tertiary alicyclic amines) is 1. The molecule has 0 aliphatic carbocycles. The SMILES string of the molecule is COc1cccc(C(=O)N2CC(N(CCc3ccccc3)C(=O)C(C)C)CC2C(=O)N2CCNCC2)c1. The van der Waals surface area contributed by atoms with E-state index >= 15 is 0 Å². The number of benzene rings is 2. The predicted octanol–water partition coefficient (Wildman–Crippen LogP) is 2.44. The highest BCUT2D eigenvalue weighted by Crippen LogP contribution is 2.28. The number of piperazine rings is 1. The van der Waals surface area contributed by atoms with Crippen LogP contribution in [0.5, 0.6) is 5.75 Å². The smallest absolute Gasteiger partial charge is 0.254 e. The van der Waals surface area contributed by atoms with Crippen LogP contribution in [0.15, 0.2) is 54.6 Å². The number of nitrogens with zero attached hydrogens (tertiary/aromatic N) is 3. The molecule has 0 aromatic heterocycles. The van der Waals surface area contributed by atoms with Crippen LogP contribution in [0.25, 0.3) is 0 Å². The molecule has 0 spiro atoms. The lowest BCUT2D eigenvalue weighted by molar-refractivity contribution is -0.138. The van der Waals surface area contributed by atoms with Crippen LogP contribution in [-0.2, 0) is 16.0 Å². The van der Waals surface area contributed by atoms with Gasteiger partial charge in [0.05, 0.1) is 13.2 Å². The van der Waals surface area contributed by atoms with Crippen molar-refractivity contribution in [1.82, 2.24) is 20.0 Å². The first kappa shape index (κ1) is 26.7. The largest absolute Gasteiger partial charge is 0.497 e. The van der Waals surface area contributed by atoms with Crippen LogP contribution in [0.1, 0.15) is 36.2 Å². The predicted molar refractivity (Wildman–Crippen MR) is 142 cm³/mol. The van der Waals surface area contributed by atoms with Gasteiger partial charge in [0.1, 0.15) is 11.8 Å². The van der Waals surface area contributed by atoms with Gasteiger partial charge >= 0.3 is 0 Å². The Kier molecular flexibility index (Phi) is 8.82. The number of carbonyl (C=O) groups is 3. The van der Waals surface area contributed by atoms with Crippen molar-refractivity contribution in [2.24, 2.45) is 5.92 Å². The molecule has 2 aromatic rings. The Labute approximate surface area is 219 Å². The number of hydrogen-bond acceptors (Lipinski definition) is 5. The lowest BCUT2D eigenvalue weighted by Gasteiger charge is -2.32. The van der Waals surface area contributed by atoms with Gasteiger partial charge in [-0.05, 0) is 36.6 Å². The van der Waals surface area contributed by atoms with E-state index < -0.39 is 6.04 Å². The first-order valence-corrected chi connectivity index (χ1v) is 13.2. The van der Waals surface area contributed by atoms with Gasteiger partial charge in [-0.3, -0.25) is 14.4 Å². The van der Waals surface area contributed by atoms with E-state index in [4.69, 9.17) is 4.74 Å². The topological polar surface area (TPSA) is 82.2 Å². The number of carbonyl (C=O) groups excluding carboxylic acids is 3. The number of hydrogen-bond donors (Lipinski definition) is 1. The molecule has 2 saturated heterocycles. The monoisotopic (exact) mass is 506 g/mol. The van der Waals surface area contributed by atoms with Crippen molar-refractivity contribution < 1.29 is 19.1 Å². The third kappa shape index (κ3) is 6.31. The average Bonchev–Trinajstić information content (AvgIpc) is 3.38. The van der Waals surface area contributed by atoms with Crippen molar-refractivity contribution in [3.8, 4) is 5.75 Å². The lowest BCUT2D eigenvalue weighted by atomic mass is 10.0. The van der Waals surface area contributed by atoms with Gasteiger partial charge in [-0.15, -0.1) is 0 Å². The first-order valence-electron chi connectivity index (χ1n) is 13.2. The van der Waals surface area contributed by atoms with E-state index in [1.807, 2.05) is 41.8 Å². The minimum Gasteiger partial charge on any atom is -0.497 e. The molecule has 0 bridgehead atoms. The van der Waals surface area contributed by atoms with Crippen molar-refractivity contribution in [2.45, 2.75) is 38.8 Å². The number of amides is 3. The molecule has 3 amide bonds. The van der Waals surface area contributed by atoms with E-state index in [2.05, 4.69) is 17.4 Å². The van der Waals surface area contributed by atoms with E-state index in [9.17, 15) is 14.4 Å². The maximum Gasteiger partial charge on any atom is 0.254 e. The molecule has 2 heterocycles. The summed E-state index contributed by atoms with van der Waals surface area (Å²) in [7, 11) is 1.56. The van der Waals surface area contributed by atoms with E-state index in [0.29, 0.717) is 43.9 Å². The van der Waals surface area contributed by atoms with Crippen molar-refractivity contribution in [3.05, 3.63) is 65.7 Å². The van der Waals surface area contributed by atoms with Crippen LogP contribution in [0.4, 0.5) is 0 Å². The van der Waals surface area contributed by atoms with Crippen molar-refractivity contribution >= 4 is 17.7 Å². The Morgan fingerprint density at radius 1 is 1.05 bits per heavy atom. The van der Waals surface area contributed by atoms with Gasteiger partial charge in [0, 0.05) is 50.7 Å². The lowest BCUT2D eigenvalue weighted by Crippen LogP contribution is -2.53. The van der Waals surface area contributed by atoms with Gasteiger partial charge in [-0.25, -0.2) is 0 Å². The van der Waals surface area contributed by atoms with Crippen molar-refractivity contribution in [3.63, 3.8) is 0 Å². The van der Waals surface area contributed by atoms with Gasteiger partial charge in [-0.1, -0.05) is 50.2 Å². The molecule has 2 aromatic carbocycles. The molecule has 0 saturated carbocycles. The molecule has 2 unspecified atom stereocenters. The van der Waals surface area contributed by atoms with E-state index in [1.165, 1.54) is 0 Å². The van der Waals surface area contributed by atoms with E-state index in [0.717, 1.165) is 25.1 Å². The summed E-state index contributed by atoms with van der Waals surface area (Å²) in [5.74, 6) is 0.201. The molecule has 198 valence electrons. The minimum absolute atomic E-state index is 0.0414. The number of ether oxygens (including phenoxy) is 1. The van der Waals surface area contributed by atoms with Gasteiger partial charge in [0.15, 0.2) is 0 Å². The summed E-state index contributed by atoms with van der Waals surface area (Å²) < 4.78 is 5.32. The van der Waals surface area contributed by atoms with Crippen LogP contribution in [0.3, 0.4) is 0 Å². The molecule has 2 atom stereocenters. The summed E-state index contributed by atoms with van der Waals surface area (Å²) in [6, 6.07) is 16.3. The second-order valence-corrected chi connectivity index (χ2v) is 10.1. The van der Waals surface area contributed by atoms with E-state index in [-0.39, 0.29) is 29.7 Å². The zero-order valence-electron chi connectivity index (χ0n) is 22.1. The van der Waals surface area contributed by atoms with Crippen LogP contribution >= 0.6 is 0 Å². The molecule has 0 radical (unpaired) electrons. The molecule has 8 heteroatoms. The normalized spacial score (nSPS) is 19.7. The summed E-state index contributed by atoms with van der Waals surface area (Å²) >= 11 is 0. The third-order valence-electron chi connectivity index (χ3n) is 7.27. The summed E-state index contributed by atoms with van der Waals surface area (Å²) in [6.07, 6.45) is 1.15. The molecule has 2 aliphatic heterocycles. The van der Waals surface area contributed by atoms with Gasteiger partial charge in [-0.2, -0.15) is 0 Å². The fraction of sp³-hybridized carbons (Fsp3) is 0.483. The summed E-state index contributed by atoms with van der Waals surface area (Å²) in [5.41, 5.74) is 1.63.